The number of rotatable bonds is 5. The van der Waals surface area contributed by atoms with Crippen LogP contribution in [0.25, 0.3) is 27.8 Å². The van der Waals surface area contributed by atoms with Crippen molar-refractivity contribution in [3.8, 4) is 16.8 Å². The molecule has 0 radical (unpaired) electrons. The van der Waals surface area contributed by atoms with Gasteiger partial charge in [0.2, 0.25) is 0 Å². The lowest BCUT2D eigenvalue weighted by molar-refractivity contribution is 0.627. The molecule has 0 saturated carbocycles. The lowest BCUT2D eigenvalue weighted by Gasteiger charge is -2.08. The van der Waals surface area contributed by atoms with Crippen molar-refractivity contribution in [2.75, 3.05) is 0 Å². The summed E-state index contributed by atoms with van der Waals surface area (Å²) in [7, 11) is 0. The predicted molar refractivity (Wildman–Crippen MR) is 130 cm³/mol. The fourth-order valence-electron chi connectivity index (χ4n) is 3.64. The van der Waals surface area contributed by atoms with E-state index in [2.05, 4.69) is 32.9 Å². The number of aryl methyl sites for hydroxylation is 1. The third-order valence-corrected chi connectivity index (χ3v) is 6.82. The van der Waals surface area contributed by atoms with Gasteiger partial charge in [0, 0.05) is 28.2 Å². The van der Waals surface area contributed by atoms with E-state index in [1.54, 1.807) is 30.2 Å². The molecule has 0 amide bonds. The summed E-state index contributed by atoms with van der Waals surface area (Å²) >= 11 is 8.04. The Morgan fingerprint density at radius 3 is 2.50 bits per heavy atom. The molecule has 32 heavy (non-hydrogen) atoms. The van der Waals surface area contributed by atoms with Gasteiger partial charge in [-0.25, -0.2) is 14.4 Å². The summed E-state index contributed by atoms with van der Waals surface area (Å²) in [6, 6.07) is 22.8. The molecule has 0 aliphatic heterocycles. The number of halogens is 2. The average Bonchev–Trinajstić information content (AvgIpc) is 3.21. The molecule has 2 aromatic heterocycles. The summed E-state index contributed by atoms with van der Waals surface area (Å²) in [5.74, 6) is 0.450. The monoisotopic (exact) mass is 459 g/mol. The predicted octanol–water partition coefficient (Wildman–Crippen LogP) is 7.48. The Balaban J connectivity index is 1.65. The van der Waals surface area contributed by atoms with Gasteiger partial charge in [-0.15, -0.1) is 11.8 Å². The largest absolute Gasteiger partial charge is 0.301 e. The highest BCUT2D eigenvalue weighted by Gasteiger charge is 2.18. The molecule has 5 rings (SSSR count). The van der Waals surface area contributed by atoms with Crippen LogP contribution in [0.1, 0.15) is 11.1 Å². The molecule has 2 heterocycles. The molecule has 0 fully saturated rings. The SMILES string of the molecule is Cc1ccc(-n2cc(-c3ccccc3)c3c(SCc4ccc(F)cc4)ncnc32)cc1Cl. The van der Waals surface area contributed by atoms with Crippen LogP contribution in [0.2, 0.25) is 5.02 Å². The standard InChI is InChI=1S/C26H19ClFN3S/c1-17-7-12-21(13-23(17)27)31-14-22(19-5-3-2-4-6-19)24-25(31)29-16-30-26(24)32-15-18-8-10-20(28)11-9-18/h2-14,16H,15H2,1H3. The first kappa shape index (κ1) is 20.7. The first-order valence-electron chi connectivity index (χ1n) is 10.2. The summed E-state index contributed by atoms with van der Waals surface area (Å²) in [6.45, 7) is 1.99. The zero-order valence-corrected chi connectivity index (χ0v) is 18.9. The number of aromatic nitrogens is 3. The molecule has 0 unspecified atom stereocenters. The molecule has 0 saturated heterocycles. The van der Waals surface area contributed by atoms with Crippen molar-refractivity contribution in [1.29, 1.82) is 0 Å². The van der Waals surface area contributed by atoms with Crippen LogP contribution in [-0.4, -0.2) is 14.5 Å². The molecule has 0 atom stereocenters. The smallest absolute Gasteiger partial charge is 0.149 e. The van der Waals surface area contributed by atoms with Gasteiger partial charge in [0.25, 0.3) is 0 Å². The molecule has 0 aliphatic carbocycles. The van der Waals surface area contributed by atoms with Crippen LogP contribution >= 0.6 is 23.4 Å². The van der Waals surface area contributed by atoms with Gasteiger partial charge in [-0.05, 0) is 47.9 Å². The number of benzene rings is 3. The molecule has 0 aliphatic rings. The Morgan fingerprint density at radius 1 is 0.969 bits per heavy atom. The van der Waals surface area contributed by atoms with Crippen LogP contribution in [0.4, 0.5) is 4.39 Å². The number of hydrogen-bond acceptors (Lipinski definition) is 3. The van der Waals surface area contributed by atoms with E-state index < -0.39 is 0 Å². The zero-order valence-electron chi connectivity index (χ0n) is 17.3. The van der Waals surface area contributed by atoms with Crippen molar-refractivity contribution >= 4 is 34.4 Å². The molecule has 0 spiro atoms. The van der Waals surface area contributed by atoms with Gasteiger partial charge < -0.3 is 4.57 Å². The first-order valence-corrected chi connectivity index (χ1v) is 11.5. The Bertz CT molecular complexity index is 1400. The molecule has 0 bridgehead atoms. The normalized spacial score (nSPS) is 11.2. The lowest BCUT2D eigenvalue weighted by Crippen LogP contribution is -1.95. The van der Waals surface area contributed by atoms with Gasteiger partial charge in [-0.3, -0.25) is 0 Å². The summed E-state index contributed by atoms with van der Waals surface area (Å²) in [4.78, 5) is 9.23. The minimum atomic E-state index is -0.233. The summed E-state index contributed by atoms with van der Waals surface area (Å²) < 4.78 is 15.3. The number of hydrogen-bond donors (Lipinski definition) is 0. The van der Waals surface area contributed by atoms with E-state index in [9.17, 15) is 4.39 Å². The zero-order chi connectivity index (χ0) is 22.1. The van der Waals surface area contributed by atoms with Crippen molar-refractivity contribution in [2.24, 2.45) is 0 Å². The van der Waals surface area contributed by atoms with Gasteiger partial charge in [-0.2, -0.15) is 0 Å². The van der Waals surface area contributed by atoms with E-state index in [1.807, 2.05) is 43.3 Å². The minimum absolute atomic E-state index is 0.233. The molecule has 6 heteroatoms. The maximum Gasteiger partial charge on any atom is 0.149 e. The maximum atomic E-state index is 13.3. The van der Waals surface area contributed by atoms with Crippen molar-refractivity contribution in [1.82, 2.24) is 14.5 Å². The van der Waals surface area contributed by atoms with Gasteiger partial charge >= 0.3 is 0 Å². The van der Waals surface area contributed by atoms with E-state index in [-0.39, 0.29) is 5.82 Å². The van der Waals surface area contributed by atoms with Crippen LogP contribution in [0.15, 0.2) is 90.3 Å². The van der Waals surface area contributed by atoms with E-state index >= 15 is 0 Å². The maximum absolute atomic E-state index is 13.3. The molecule has 3 nitrogen and oxygen atoms in total. The second kappa shape index (κ2) is 8.77. The van der Waals surface area contributed by atoms with E-state index in [4.69, 9.17) is 11.6 Å². The molecule has 0 N–H and O–H groups in total. The van der Waals surface area contributed by atoms with Gasteiger partial charge in [0.1, 0.15) is 22.8 Å². The third kappa shape index (κ3) is 4.01. The van der Waals surface area contributed by atoms with Crippen LogP contribution in [0.3, 0.4) is 0 Å². The summed E-state index contributed by atoms with van der Waals surface area (Å²) in [5.41, 5.74) is 5.98. The van der Waals surface area contributed by atoms with E-state index in [0.29, 0.717) is 10.8 Å². The number of nitrogens with zero attached hydrogens (tertiary/aromatic N) is 3. The van der Waals surface area contributed by atoms with Gasteiger partial charge in [-0.1, -0.05) is 60.1 Å². The average molecular weight is 460 g/mol. The van der Waals surface area contributed by atoms with Crippen molar-refractivity contribution < 1.29 is 4.39 Å². The highest BCUT2D eigenvalue weighted by Crippen LogP contribution is 2.38. The van der Waals surface area contributed by atoms with Crippen LogP contribution in [0.5, 0.6) is 0 Å². The van der Waals surface area contributed by atoms with Crippen molar-refractivity contribution in [2.45, 2.75) is 17.7 Å². The highest BCUT2D eigenvalue weighted by atomic mass is 35.5. The second-order valence-electron chi connectivity index (χ2n) is 7.50. The second-order valence-corrected chi connectivity index (χ2v) is 8.88. The van der Waals surface area contributed by atoms with Crippen LogP contribution in [-0.2, 0) is 5.75 Å². The molecule has 5 aromatic rings. The minimum Gasteiger partial charge on any atom is -0.301 e. The highest BCUT2D eigenvalue weighted by molar-refractivity contribution is 7.98. The lowest BCUT2D eigenvalue weighted by atomic mass is 10.1. The first-order chi connectivity index (χ1) is 15.6. The third-order valence-electron chi connectivity index (χ3n) is 5.36. The van der Waals surface area contributed by atoms with E-state index in [0.717, 1.165) is 44.0 Å². The summed E-state index contributed by atoms with van der Waals surface area (Å²) in [6.07, 6.45) is 3.69. The van der Waals surface area contributed by atoms with Crippen molar-refractivity contribution in [3.63, 3.8) is 0 Å². The fourth-order valence-corrected chi connectivity index (χ4v) is 4.78. The van der Waals surface area contributed by atoms with E-state index in [1.165, 1.54) is 12.1 Å². The number of thioether (sulfide) groups is 1. The van der Waals surface area contributed by atoms with Gasteiger partial charge in [0.05, 0.1) is 5.39 Å². The molecular formula is C26H19ClFN3S. The van der Waals surface area contributed by atoms with Crippen LogP contribution < -0.4 is 0 Å². The van der Waals surface area contributed by atoms with Crippen LogP contribution in [0, 0.1) is 12.7 Å². The molecular weight excluding hydrogens is 441 g/mol. The Kier molecular flexibility index (Phi) is 5.68. The number of fused-ring (bicyclic) bond motifs is 1. The topological polar surface area (TPSA) is 30.7 Å². The molecule has 158 valence electrons. The summed E-state index contributed by atoms with van der Waals surface area (Å²) in [5, 5.41) is 2.59. The molecule has 3 aromatic carbocycles. The van der Waals surface area contributed by atoms with Crippen molar-refractivity contribution in [3.05, 3.63) is 107 Å². The fraction of sp³-hybridized carbons (Fsp3) is 0.0769. The Labute approximate surface area is 194 Å². The quantitative estimate of drug-likeness (QED) is 0.201. The Morgan fingerprint density at radius 2 is 1.75 bits per heavy atom. The Hall–Kier alpha value is -3.15. The van der Waals surface area contributed by atoms with Gasteiger partial charge in [0.15, 0.2) is 0 Å².